The predicted molar refractivity (Wildman–Crippen MR) is 80.0 cm³/mol. The molecule has 22 heavy (non-hydrogen) atoms. The lowest BCUT2D eigenvalue weighted by Crippen LogP contribution is -2.33. The van der Waals surface area contributed by atoms with Crippen LogP contribution in [0.3, 0.4) is 0 Å². The minimum Gasteiger partial charge on any atom is -0.444 e. The van der Waals surface area contributed by atoms with E-state index in [0.29, 0.717) is 11.1 Å². The maximum atomic E-state index is 12.4. The number of nitrogens with one attached hydrogen (secondary N) is 1. The Labute approximate surface area is 128 Å². The Balaban J connectivity index is 1.79. The van der Waals surface area contributed by atoms with Crippen molar-refractivity contribution in [2.24, 2.45) is 0 Å². The number of hydrogen-bond donors (Lipinski definition) is 1. The summed E-state index contributed by atoms with van der Waals surface area (Å²) in [5, 5.41) is 2.88. The summed E-state index contributed by atoms with van der Waals surface area (Å²) in [7, 11) is 0. The van der Waals surface area contributed by atoms with Crippen LogP contribution in [0.15, 0.2) is 54.9 Å². The van der Waals surface area contributed by atoms with Crippen molar-refractivity contribution in [1.82, 2.24) is 10.3 Å². The van der Waals surface area contributed by atoms with E-state index in [1.165, 1.54) is 6.20 Å². The van der Waals surface area contributed by atoms with Crippen molar-refractivity contribution >= 4 is 11.9 Å². The number of rotatable bonds is 5. The van der Waals surface area contributed by atoms with Gasteiger partial charge in [-0.05, 0) is 25.0 Å². The van der Waals surface area contributed by atoms with Gasteiger partial charge >= 0.3 is 5.97 Å². The predicted octanol–water partition coefficient (Wildman–Crippen LogP) is 2.26. The second-order valence-corrected chi connectivity index (χ2v) is 5.22. The molecule has 0 unspecified atom stereocenters. The van der Waals surface area contributed by atoms with Crippen LogP contribution in [0.4, 0.5) is 0 Å². The van der Waals surface area contributed by atoms with Crippen LogP contribution in [0.1, 0.15) is 34.9 Å². The average Bonchev–Trinajstić information content (AvgIpc) is 3.38. The highest BCUT2D eigenvalue weighted by molar-refractivity contribution is 5.92. The summed E-state index contributed by atoms with van der Waals surface area (Å²) in [4.78, 5) is 28.4. The molecule has 0 bridgehead atoms. The summed E-state index contributed by atoms with van der Waals surface area (Å²) in [5.41, 5.74) is 0.973. The normalized spacial score (nSPS) is 14.9. The van der Waals surface area contributed by atoms with E-state index in [0.717, 1.165) is 12.8 Å². The van der Waals surface area contributed by atoms with E-state index in [9.17, 15) is 9.59 Å². The van der Waals surface area contributed by atoms with E-state index >= 15 is 0 Å². The summed E-state index contributed by atoms with van der Waals surface area (Å²) in [6.07, 6.45) is 4.00. The zero-order valence-electron chi connectivity index (χ0n) is 11.9. The first-order chi connectivity index (χ1) is 10.7. The van der Waals surface area contributed by atoms with E-state index in [1.54, 1.807) is 30.5 Å². The second kappa shape index (κ2) is 6.39. The van der Waals surface area contributed by atoms with Crippen LogP contribution in [0, 0.1) is 0 Å². The molecule has 1 atom stereocenters. The minimum atomic E-state index is -0.950. The molecule has 1 fully saturated rings. The lowest BCUT2D eigenvalue weighted by atomic mass is 10.1. The fourth-order valence-corrected chi connectivity index (χ4v) is 2.06. The van der Waals surface area contributed by atoms with Crippen molar-refractivity contribution in [2.45, 2.75) is 25.0 Å². The number of aromatic nitrogens is 1. The average molecular weight is 296 g/mol. The molecule has 2 aromatic rings. The van der Waals surface area contributed by atoms with Gasteiger partial charge in [0.2, 0.25) is 6.10 Å². The number of amides is 1. The molecular weight excluding hydrogens is 280 g/mol. The highest BCUT2D eigenvalue weighted by Crippen LogP contribution is 2.23. The van der Waals surface area contributed by atoms with Gasteiger partial charge in [0.15, 0.2) is 0 Å². The number of ether oxygens (including phenoxy) is 1. The Hall–Kier alpha value is -2.69. The largest absolute Gasteiger partial charge is 0.444 e. The smallest absolute Gasteiger partial charge is 0.340 e. The number of benzene rings is 1. The first-order valence-corrected chi connectivity index (χ1v) is 7.20. The summed E-state index contributed by atoms with van der Waals surface area (Å²) in [5.74, 6) is -0.848. The third-order valence-electron chi connectivity index (χ3n) is 3.39. The Morgan fingerprint density at radius 1 is 1.14 bits per heavy atom. The van der Waals surface area contributed by atoms with E-state index in [-0.39, 0.29) is 11.9 Å². The lowest BCUT2D eigenvalue weighted by molar-refractivity contribution is -0.130. The molecule has 1 N–H and O–H groups in total. The van der Waals surface area contributed by atoms with E-state index < -0.39 is 12.1 Å². The molecule has 112 valence electrons. The third kappa shape index (κ3) is 3.49. The van der Waals surface area contributed by atoms with Gasteiger partial charge in [-0.15, -0.1) is 0 Å². The van der Waals surface area contributed by atoms with Crippen molar-refractivity contribution in [2.75, 3.05) is 0 Å². The topological polar surface area (TPSA) is 68.3 Å². The van der Waals surface area contributed by atoms with Crippen molar-refractivity contribution in [3.05, 3.63) is 66.0 Å². The van der Waals surface area contributed by atoms with Gasteiger partial charge in [0.05, 0.1) is 5.56 Å². The Bertz CT molecular complexity index is 654. The zero-order chi connectivity index (χ0) is 15.4. The number of carbonyl (C=O) groups excluding carboxylic acids is 2. The molecule has 1 saturated carbocycles. The molecule has 1 aliphatic carbocycles. The van der Waals surface area contributed by atoms with Crippen LogP contribution in [-0.2, 0) is 9.53 Å². The van der Waals surface area contributed by atoms with Gasteiger partial charge in [-0.25, -0.2) is 4.79 Å². The molecule has 1 aromatic heterocycles. The second-order valence-electron chi connectivity index (χ2n) is 5.22. The molecule has 1 amide bonds. The van der Waals surface area contributed by atoms with Crippen LogP contribution < -0.4 is 5.32 Å². The quantitative estimate of drug-likeness (QED) is 0.859. The van der Waals surface area contributed by atoms with Crippen molar-refractivity contribution in [3.8, 4) is 0 Å². The Morgan fingerprint density at radius 2 is 1.91 bits per heavy atom. The monoisotopic (exact) mass is 296 g/mol. The van der Waals surface area contributed by atoms with Crippen LogP contribution in [0.5, 0.6) is 0 Å². The third-order valence-corrected chi connectivity index (χ3v) is 3.39. The van der Waals surface area contributed by atoms with Gasteiger partial charge in [0, 0.05) is 24.0 Å². The molecule has 0 aliphatic heterocycles. The van der Waals surface area contributed by atoms with Gasteiger partial charge in [-0.2, -0.15) is 0 Å². The van der Waals surface area contributed by atoms with E-state index in [4.69, 9.17) is 4.74 Å². The van der Waals surface area contributed by atoms with Gasteiger partial charge in [-0.3, -0.25) is 9.78 Å². The number of carbonyl (C=O) groups is 2. The fraction of sp³-hybridized carbons (Fsp3) is 0.235. The number of hydrogen-bond acceptors (Lipinski definition) is 4. The first-order valence-electron chi connectivity index (χ1n) is 7.20. The van der Waals surface area contributed by atoms with Crippen molar-refractivity contribution in [1.29, 1.82) is 0 Å². The van der Waals surface area contributed by atoms with E-state index in [1.807, 2.05) is 18.2 Å². The number of nitrogens with zero attached hydrogens (tertiary/aromatic N) is 1. The molecule has 0 spiro atoms. The first kappa shape index (κ1) is 14.3. The van der Waals surface area contributed by atoms with Crippen LogP contribution in [0.25, 0.3) is 0 Å². The standard InChI is InChI=1S/C17H16N2O3/c20-16(19-14-8-9-14)15(12-5-2-1-3-6-12)22-17(21)13-7-4-10-18-11-13/h1-7,10-11,14-15H,8-9H2,(H,19,20)/t15-/m1/s1. The SMILES string of the molecule is O=C(O[C@@H](C(=O)NC1CC1)c1ccccc1)c1cccnc1. The molecule has 5 nitrogen and oxygen atoms in total. The maximum Gasteiger partial charge on any atom is 0.340 e. The Morgan fingerprint density at radius 3 is 2.55 bits per heavy atom. The molecule has 1 aliphatic rings. The molecule has 5 heteroatoms. The van der Waals surface area contributed by atoms with Crippen LogP contribution >= 0.6 is 0 Å². The summed E-state index contributed by atoms with van der Waals surface area (Å²) < 4.78 is 5.42. The van der Waals surface area contributed by atoms with E-state index in [2.05, 4.69) is 10.3 Å². The highest BCUT2D eigenvalue weighted by Gasteiger charge is 2.31. The molecular formula is C17H16N2O3. The molecule has 1 heterocycles. The molecule has 0 saturated heterocycles. The zero-order valence-corrected chi connectivity index (χ0v) is 11.9. The van der Waals surface area contributed by atoms with Gasteiger partial charge in [0.1, 0.15) is 0 Å². The summed E-state index contributed by atoms with van der Waals surface area (Å²) >= 11 is 0. The fourth-order valence-electron chi connectivity index (χ4n) is 2.06. The van der Waals surface area contributed by atoms with Gasteiger partial charge in [0.25, 0.3) is 5.91 Å². The van der Waals surface area contributed by atoms with Crippen molar-refractivity contribution in [3.63, 3.8) is 0 Å². The number of esters is 1. The summed E-state index contributed by atoms with van der Waals surface area (Å²) in [6, 6.07) is 12.5. The van der Waals surface area contributed by atoms with Crippen LogP contribution in [0.2, 0.25) is 0 Å². The Kier molecular flexibility index (Phi) is 4.14. The maximum absolute atomic E-state index is 12.4. The molecule has 1 aromatic carbocycles. The number of pyridine rings is 1. The molecule has 0 radical (unpaired) electrons. The van der Waals surface area contributed by atoms with Gasteiger partial charge < -0.3 is 10.1 Å². The molecule has 3 rings (SSSR count). The van der Waals surface area contributed by atoms with Gasteiger partial charge in [-0.1, -0.05) is 30.3 Å². The highest BCUT2D eigenvalue weighted by atomic mass is 16.5. The minimum absolute atomic E-state index is 0.204. The lowest BCUT2D eigenvalue weighted by Gasteiger charge is -2.17. The summed E-state index contributed by atoms with van der Waals surface area (Å²) in [6.45, 7) is 0. The van der Waals surface area contributed by atoms with Crippen LogP contribution in [-0.4, -0.2) is 22.9 Å². The van der Waals surface area contributed by atoms with Crippen molar-refractivity contribution < 1.29 is 14.3 Å².